The summed E-state index contributed by atoms with van der Waals surface area (Å²) >= 11 is 0. The smallest absolute Gasteiger partial charge is 0.422 e. The Labute approximate surface area is 133 Å². The third-order valence-electron chi connectivity index (χ3n) is 3.27. The van der Waals surface area contributed by atoms with Crippen molar-refractivity contribution in [1.82, 2.24) is 15.3 Å². The Balaban J connectivity index is 2.46. The molecule has 0 saturated heterocycles. The number of rotatable bonds is 9. The van der Waals surface area contributed by atoms with Crippen LogP contribution in [0.5, 0.6) is 6.01 Å². The van der Waals surface area contributed by atoms with Crippen molar-refractivity contribution in [1.29, 1.82) is 0 Å². The average molecular weight is 333 g/mol. The second kappa shape index (κ2) is 9.32. The Hall–Kier alpha value is -1.86. The Bertz CT molecular complexity index is 495. The van der Waals surface area contributed by atoms with Gasteiger partial charge in [-0.3, -0.25) is 4.79 Å². The molecule has 23 heavy (non-hydrogen) atoms. The Morgan fingerprint density at radius 1 is 1.39 bits per heavy atom. The number of alkyl halides is 3. The normalized spacial score (nSPS) is 12.7. The van der Waals surface area contributed by atoms with Crippen molar-refractivity contribution in [3.05, 3.63) is 18.0 Å². The monoisotopic (exact) mass is 333 g/mol. The van der Waals surface area contributed by atoms with Crippen molar-refractivity contribution in [2.24, 2.45) is 5.92 Å². The van der Waals surface area contributed by atoms with Crippen molar-refractivity contribution in [2.75, 3.05) is 6.61 Å². The summed E-state index contributed by atoms with van der Waals surface area (Å²) in [5.41, 5.74) is 0.397. The quantitative estimate of drug-likeness (QED) is 0.753. The minimum Gasteiger partial charge on any atom is -0.454 e. The van der Waals surface area contributed by atoms with E-state index in [0.29, 0.717) is 18.0 Å². The summed E-state index contributed by atoms with van der Waals surface area (Å²) in [5, 5.41) is 2.71. The highest BCUT2D eigenvalue weighted by Gasteiger charge is 2.29. The lowest BCUT2D eigenvalue weighted by atomic mass is 9.97. The van der Waals surface area contributed by atoms with E-state index in [1.54, 1.807) is 0 Å². The number of halogens is 3. The first-order valence-electron chi connectivity index (χ1n) is 7.62. The molecule has 0 radical (unpaired) electrons. The Kier molecular flexibility index (Phi) is 7.77. The molecule has 0 bridgehead atoms. The Morgan fingerprint density at radius 3 is 2.74 bits per heavy atom. The molecule has 8 heteroatoms. The van der Waals surface area contributed by atoms with Crippen LogP contribution in [0.25, 0.3) is 0 Å². The summed E-state index contributed by atoms with van der Waals surface area (Å²) in [6, 6.07) is 1.16. The van der Waals surface area contributed by atoms with E-state index in [4.69, 9.17) is 0 Å². The van der Waals surface area contributed by atoms with E-state index in [-0.39, 0.29) is 18.5 Å². The number of amides is 1. The van der Waals surface area contributed by atoms with Gasteiger partial charge in [-0.1, -0.05) is 33.1 Å². The van der Waals surface area contributed by atoms with Gasteiger partial charge in [-0.05, 0) is 12.0 Å². The molecule has 0 aliphatic heterocycles. The van der Waals surface area contributed by atoms with E-state index in [1.165, 1.54) is 12.3 Å². The third kappa shape index (κ3) is 8.37. The summed E-state index contributed by atoms with van der Waals surface area (Å²) in [4.78, 5) is 19.3. The maximum atomic E-state index is 12.1. The van der Waals surface area contributed by atoms with Gasteiger partial charge >= 0.3 is 12.2 Å². The van der Waals surface area contributed by atoms with Crippen LogP contribution in [0, 0.1) is 5.92 Å². The molecule has 1 aromatic heterocycles. The zero-order valence-electron chi connectivity index (χ0n) is 13.3. The molecule has 0 aliphatic carbocycles. The number of carbonyl (C=O) groups excluding carboxylic acids is 1. The highest BCUT2D eigenvalue weighted by molar-refractivity contribution is 5.76. The minimum atomic E-state index is -4.44. The van der Waals surface area contributed by atoms with Crippen molar-refractivity contribution in [3.8, 4) is 6.01 Å². The van der Waals surface area contributed by atoms with Crippen LogP contribution in [-0.2, 0) is 11.3 Å². The number of carbonyl (C=O) groups is 1. The van der Waals surface area contributed by atoms with Crippen molar-refractivity contribution >= 4 is 5.91 Å². The fraction of sp³-hybridized carbons (Fsp3) is 0.667. The minimum absolute atomic E-state index is 0.0957. The lowest BCUT2D eigenvalue weighted by Gasteiger charge is -2.13. The van der Waals surface area contributed by atoms with Gasteiger partial charge in [0.1, 0.15) is 0 Å². The standard InChI is InChI=1S/C15H22F3N3O2/c1-3-5-11(4-2)8-13(22)20-9-12-6-7-19-14(21-12)23-10-15(16,17)18/h6-7,11H,3-5,8-10H2,1-2H3,(H,20,22). The zero-order chi connectivity index (χ0) is 17.3. The van der Waals surface area contributed by atoms with Crippen LogP contribution in [0.2, 0.25) is 0 Å². The summed E-state index contributed by atoms with van der Waals surface area (Å²) in [6.45, 7) is 2.80. The van der Waals surface area contributed by atoms with Crippen molar-refractivity contribution in [2.45, 2.75) is 52.3 Å². The maximum Gasteiger partial charge on any atom is 0.422 e. The first-order chi connectivity index (χ1) is 10.8. The molecule has 5 nitrogen and oxygen atoms in total. The molecule has 1 heterocycles. The molecule has 1 amide bonds. The molecule has 1 atom stereocenters. The molecule has 0 spiro atoms. The molecular weight excluding hydrogens is 311 g/mol. The van der Waals surface area contributed by atoms with E-state index < -0.39 is 12.8 Å². The molecule has 1 aromatic rings. The van der Waals surface area contributed by atoms with E-state index in [1.807, 2.05) is 6.92 Å². The lowest BCUT2D eigenvalue weighted by molar-refractivity contribution is -0.154. The summed E-state index contributed by atoms with van der Waals surface area (Å²) < 4.78 is 40.7. The van der Waals surface area contributed by atoms with Crippen LogP contribution < -0.4 is 10.1 Å². The summed E-state index contributed by atoms with van der Waals surface area (Å²) in [6.07, 6.45) is 0.246. The fourth-order valence-corrected chi connectivity index (χ4v) is 2.07. The first-order valence-corrected chi connectivity index (χ1v) is 7.62. The Morgan fingerprint density at radius 2 is 2.13 bits per heavy atom. The molecule has 1 unspecified atom stereocenters. The van der Waals surface area contributed by atoms with Crippen LogP contribution in [0.4, 0.5) is 13.2 Å². The predicted molar refractivity (Wildman–Crippen MR) is 78.7 cm³/mol. The molecule has 0 aliphatic rings. The van der Waals surface area contributed by atoms with Crippen LogP contribution in [0.3, 0.4) is 0 Å². The second-order valence-corrected chi connectivity index (χ2v) is 5.28. The van der Waals surface area contributed by atoms with Gasteiger partial charge in [-0.25, -0.2) is 4.98 Å². The van der Waals surface area contributed by atoms with Crippen LogP contribution in [0.15, 0.2) is 12.3 Å². The largest absolute Gasteiger partial charge is 0.454 e. The SMILES string of the molecule is CCCC(CC)CC(=O)NCc1ccnc(OCC(F)(F)F)n1. The van der Waals surface area contributed by atoms with Crippen molar-refractivity contribution in [3.63, 3.8) is 0 Å². The van der Waals surface area contributed by atoms with Gasteiger partial charge < -0.3 is 10.1 Å². The van der Waals surface area contributed by atoms with E-state index in [2.05, 4.69) is 26.9 Å². The van der Waals surface area contributed by atoms with Gasteiger partial charge in [-0.15, -0.1) is 0 Å². The second-order valence-electron chi connectivity index (χ2n) is 5.28. The van der Waals surface area contributed by atoms with E-state index in [9.17, 15) is 18.0 Å². The number of hydrogen-bond donors (Lipinski definition) is 1. The van der Waals surface area contributed by atoms with Crippen molar-refractivity contribution < 1.29 is 22.7 Å². The number of nitrogens with one attached hydrogen (secondary N) is 1. The topological polar surface area (TPSA) is 64.1 Å². The molecule has 1 rings (SSSR count). The third-order valence-corrected chi connectivity index (χ3v) is 3.27. The first kappa shape index (κ1) is 19.2. The molecular formula is C15H22F3N3O2. The summed E-state index contributed by atoms with van der Waals surface area (Å²) in [5.74, 6) is 0.248. The van der Waals surface area contributed by atoms with Crippen LogP contribution in [0.1, 0.15) is 45.2 Å². The number of nitrogens with zero attached hydrogens (tertiary/aromatic N) is 2. The number of aromatic nitrogens is 2. The fourth-order valence-electron chi connectivity index (χ4n) is 2.07. The van der Waals surface area contributed by atoms with Crippen LogP contribution >= 0.6 is 0 Å². The molecule has 0 fully saturated rings. The molecule has 0 aromatic carbocycles. The molecule has 1 N–H and O–H groups in total. The van der Waals surface area contributed by atoms with Gasteiger partial charge in [-0.2, -0.15) is 18.2 Å². The van der Waals surface area contributed by atoms with Gasteiger partial charge in [0.05, 0.1) is 12.2 Å². The number of ether oxygens (including phenoxy) is 1. The highest BCUT2D eigenvalue weighted by Crippen LogP contribution is 2.16. The van der Waals surface area contributed by atoms with E-state index in [0.717, 1.165) is 19.3 Å². The maximum absolute atomic E-state index is 12.1. The van der Waals surface area contributed by atoms with Gasteiger partial charge in [0.25, 0.3) is 0 Å². The average Bonchev–Trinajstić information content (AvgIpc) is 2.50. The summed E-state index contributed by atoms with van der Waals surface area (Å²) in [7, 11) is 0. The lowest BCUT2D eigenvalue weighted by Crippen LogP contribution is -2.25. The van der Waals surface area contributed by atoms with Crippen LogP contribution in [-0.4, -0.2) is 28.7 Å². The highest BCUT2D eigenvalue weighted by atomic mass is 19.4. The predicted octanol–water partition coefficient (Wildman–Crippen LogP) is 3.25. The molecule has 0 saturated carbocycles. The van der Waals surface area contributed by atoms with E-state index >= 15 is 0 Å². The van der Waals surface area contributed by atoms with Gasteiger partial charge in [0.15, 0.2) is 6.61 Å². The van der Waals surface area contributed by atoms with Gasteiger partial charge in [0.2, 0.25) is 5.91 Å². The zero-order valence-corrected chi connectivity index (χ0v) is 13.3. The number of hydrogen-bond acceptors (Lipinski definition) is 4. The molecule has 130 valence electrons. The van der Waals surface area contributed by atoms with Gasteiger partial charge in [0, 0.05) is 12.6 Å².